The van der Waals surface area contributed by atoms with Crippen molar-refractivity contribution < 1.29 is 14.3 Å². The fourth-order valence-electron chi connectivity index (χ4n) is 2.26. The molecule has 24 heavy (non-hydrogen) atoms. The van der Waals surface area contributed by atoms with E-state index in [1.54, 1.807) is 0 Å². The Labute approximate surface area is 147 Å². The molecule has 1 saturated heterocycles. The van der Waals surface area contributed by atoms with Gasteiger partial charge < -0.3 is 14.8 Å². The Kier molecular flexibility index (Phi) is 7.74. The maximum absolute atomic E-state index is 12.2. The summed E-state index contributed by atoms with van der Waals surface area (Å²) >= 11 is 1.33. The molecular formula is C16H26N4O3S. The van der Waals surface area contributed by atoms with Crippen LogP contribution in [-0.2, 0) is 20.7 Å². The van der Waals surface area contributed by atoms with Crippen molar-refractivity contribution in [1.82, 2.24) is 20.5 Å². The summed E-state index contributed by atoms with van der Waals surface area (Å²) in [7, 11) is 0. The van der Waals surface area contributed by atoms with E-state index in [-0.39, 0.29) is 18.1 Å². The number of nitrogens with zero attached hydrogens (tertiary/aromatic N) is 2. The number of carbonyl (C=O) groups excluding carboxylic acids is 1. The minimum absolute atomic E-state index is 0.0178. The zero-order chi connectivity index (χ0) is 17.4. The second-order valence-electron chi connectivity index (χ2n) is 5.90. The van der Waals surface area contributed by atoms with Gasteiger partial charge in [0.25, 0.3) is 0 Å². The summed E-state index contributed by atoms with van der Waals surface area (Å²) in [5.74, 6) is 1.08. The molecule has 1 aromatic rings. The smallest absolute Gasteiger partial charge is 0.230 e. The van der Waals surface area contributed by atoms with E-state index in [1.807, 2.05) is 26.8 Å². The van der Waals surface area contributed by atoms with Crippen molar-refractivity contribution in [2.24, 2.45) is 0 Å². The van der Waals surface area contributed by atoms with Gasteiger partial charge in [0.2, 0.25) is 11.1 Å². The van der Waals surface area contributed by atoms with Crippen LogP contribution in [0.4, 0.5) is 0 Å². The minimum Gasteiger partial charge on any atom is -0.379 e. The average Bonchev–Trinajstić information content (AvgIpc) is 3.02. The number of amides is 1. The van der Waals surface area contributed by atoms with E-state index in [4.69, 9.17) is 9.47 Å². The number of hydrogen-bond donors (Lipinski definition) is 2. The van der Waals surface area contributed by atoms with Gasteiger partial charge in [0.15, 0.2) is 0 Å². The van der Waals surface area contributed by atoms with Gasteiger partial charge >= 0.3 is 0 Å². The second-order valence-corrected chi connectivity index (χ2v) is 6.84. The minimum atomic E-state index is -0.112. The van der Waals surface area contributed by atoms with E-state index in [9.17, 15) is 4.79 Å². The number of hydrogen-bond acceptors (Lipinski definition) is 6. The number of allylic oxidation sites excluding steroid dienone is 1. The topological polar surface area (TPSA) is 89.1 Å². The Hall–Kier alpha value is -1.38. The molecule has 0 aliphatic carbocycles. The molecule has 0 aromatic carbocycles. The molecular weight excluding hydrogens is 328 g/mol. The molecule has 7 nitrogen and oxygen atoms in total. The Balaban J connectivity index is 1.78. The number of thioether (sulfide) groups is 1. The SMILES string of the molecule is CCc1nc(SCC(=O)N[C@@H]2CCOC[C@H]2OCC=C(C)C)n[nH]1. The van der Waals surface area contributed by atoms with E-state index in [2.05, 4.69) is 20.5 Å². The van der Waals surface area contributed by atoms with Gasteiger partial charge in [-0.3, -0.25) is 9.89 Å². The van der Waals surface area contributed by atoms with Gasteiger partial charge in [-0.05, 0) is 20.3 Å². The van der Waals surface area contributed by atoms with E-state index in [0.29, 0.717) is 30.7 Å². The Morgan fingerprint density at radius 2 is 2.38 bits per heavy atom. The lowest BCUT2D eigenvalue weighted by Crippen LogP contribution is -2.50. The first-order valence-electron chi connectivity index (χ1n) is 8.24. The molecule has 2 atom stereocenters. The van der Waals surface area contributed by atoms with Crippen LogP contribution in [0.1, 0.15) is 33.0 Å². The van der Waals surface area contributed by atoms with Gasteiger partial charge in [0.1, 0.15) is 11.9 Å². The number of aromatic amines is 1. The van der Waals surface area contributed by atoms with Gasteiger partial charge in [-0.1, -0.05) is 30.3 Å². The van der Waals surface area contributed by atoms with Crippen molar-refractivity contribution in [2.45, 2.75) is 50.9 Å². The summed E-state index contributed by atoms with van der Waals surface area (Å²) < 4.78 is 11.3. The highest BCUT2D eigenvalue weighted by molar-refractivity contribution is 7.99. The Bertz CT molecular complexity index is 557. The van der Waals surface area contributed by atoms with Crippen LogP contribution in [0.2, 0.25) is 0 Å². The van der Waals surface area contributed by atoms with Crippen LogP contribution in [0.5, 0.6) is 0 Å². The zero-order valence-corrected chi connectivity index (χ0v) is 15.3. The van der Waals surface area contributed by atoms with Crippen molar-refractivity contribution in [2.75, 3.05) is 25.6 Å². The molecule has 134 valence electrons. The van der Waals surface area contributed by atoms with Crippen molar-refractivity contribution in [3.05, 3.63) is 17.5 Å². The summed E-state index contributed by atoms with van der Waals surface area (Å²) in [5, 5.41) is 10.6. The van der Waals surface area contributed by atoms with Crippen LogP contribution in [0.3, 0.4) is 0 Å². The summed E-state index contributed by atoms with van der Waals surface area (Å²) in [5.41, 5.74) is 1.21. The summed E-state index contributed by atoms with van der Waals surface area (Å²) in [6.45, 7) is 7.75. The van der Waals surface area contributed by atoms with Gasteiger partial charge in [-0.15, -0.1) is 5.10 Å². The van der Waals surface area contributed by atoms with Gasteiger partial charge in [-0.25, -0.2) is 4.98 Å². The molecule has 0 saturated carbocycles. The van der Waals surface area contributed by atoms with Crippen molar-refractivity contribution in [3.8, 4) is 0 Å². The molecule has 0 bridgehead atoms. The van der Waals surface area contributed by atoms with Gasteiger partial charge in [0, 0.05) is 13.0 Å². The Morgan fingerprint density at radius 1 is 1.54 bits per heavy atom. The quantitative estimate of drug-likeness (QED) is 0.546. The highest BCUT2D eigenvalue weighted by Crippen LogP contribution is 2.15. The molecule has 0 unspecified atom stereocenters. The molecule has 1 fully saturated rings. The van der Waals surface area contributed by atoms with E-state index in [1.165, 1.54) is 17.3 Å². The van der Waals surface area contributed by atoms with Crippen LogP contribution < -0.4 is 5.32 Å². The highest BCUT2D eigenvalue weighted by Gasteiger charge is 2.27. The third-order valence-corrected chi connectivity index (χ3v) is 4.48. The summed E-state index contributed by atoms with van der Waals surface area (Å²) in [4.78, 5) is 16.5. The van der Waals surface area contributed by atoms with Crippen molar-refractivity contribution in [1.29, 1.82) is 0 Å². The highest BCUT2D eigenvalue weighted by atomic mass is 32.2. The Morgan fingerprint density at radius 3 is 3.08 bits per heavy atom. The van der Waals surface area contributed by atoms with Crippen LogP contribution in [-0.4, -0.2) is 58.8 Å². The number of aromatic nitrogens is 3. The number of H-pyrrole nitrogens is 1. The molecule has 0 radical (unpaired) electrons. The lowest BCUT2D eigenvalue weighted by molar-refractivity contribution is -0.123. The van der Waals surface area contributed by atoms with Crippen LogP contribution in [0.15, 0.2) is 16.8 Å². The molecule has 1 amide bonds. The molecule has 2 N–H and O–H groups in total. The van der Waals surface area contributed by atoms with E-state index < -0.39 is 0 Å². The fraction of sp³-hybridized carbons (Fsp3) is 0.688. The molecule has 8 heteroatoms. The number of carbonyl (C=O) groups is 1. The molecule has 2 rings (SSSR count). The van der Waals surface area contributed by atoms with E-state index >= 15 is 0 Å². The van der Waals surface area contributed by atoms with Gasteiger partial charge in [0.05, 0.1) is 25.0 Å². The molecule has 0 spiro atoms. The largest absolute Gasteiger partial charge is 0.379 e. The summed E-state index contributed by atoms with van der Waals surface area (Å²) in [6.07, 6.45) is 3.47. The maximum Gasteiger partial charge on any atom is 0.230 e. The van der Waals surface area contributed by atoms with Crippen LogP contribution >= 0.6 is 11.8 Å². The molecule has 2 heterocycles. The first kappa shape index (κ1) is 19.0. The van der Waals surface area contributed by atoms with E-state index in [0.717, 1.165) is 18.7 Å². The number of aryl methyl sites for hydroxylation is 1. The normalized spacial score (nSPS) is 20.6. The second kappa shape index (κ2) is 9.80. The van der Waals surface area contributed by atoms with Crippen molar-refractivity contribution in [3.63, 3.8) is 0 Å². The first-order chi connectivity index (χ1) is 11.6. The summed E-state index contributed by atoms with van der Waals surface area (Å²) in [6, 6.07) is -0.0178. The average molecular weight is 354 g/mol. The zero-order valence-electron chi connectivity index (χ0n) is 14.5. The predicted octanol–water partition coefficient (Wildman–Crippen LogP) is 1.72. The number of nitrogens with one attached hydrogen (secondary N) is 2. The lowest BCUT2D eigenvalue weighted by Gasteiger charge is -2.31. The van der Waals surface area contributed by atoms with Crippen LogP contribution in [0.25, 0.3) is 0 Å². The molecule has 1 aliphatic rings. The van der Waals surface area contributed by atoms with Crippen molar-refractivity contribution >= 4 is 17.7 Å². The third-order valence-electron chi connectivity index (χ3n) is 3.63. The fourth-order valence-corrected chi connectivity index (χ4v) is 2.89. The number of rotatable bonds is 8. The first-order valence-corrected chi connectivity index (χ1v) is 9.23. The number of ether oxygens (including phenoxy) is 2. The maximum atomic E-state index is 12.2. The molecule has 1 aliphatic heterocycles. The third kappa shape index (κ3) is 6.26. The standard InChI is InChI=1S/C16H26N4O3S/c1-4-14-18-16(20-19-14)24-10-15(21)17-12-6-7-22-9-13(12)23-8-5-11(2)3/h5,12-13H,4,6-10H2,1-3H3,(H,17,21)(H,18,19,20)/t12-,13-/m1/s1. The lowest BCUT2D eigenvalue weighted by atomic mass is 10.1. The monoisotopic (exact) mass is 354 g/mol. The molecule has 1 aromatic heterocycles. The van der Waals surface area contributed by atoms with Crippen LogP contribution in [0, 0.1) is 0 Å². The van der Waals surface area contributed by atoms with Gasteiger partial charge in [-0.2, -0.15) is 0 Å². The predicted molar refractivity (Wildman–Crippen MR) is 93.0 cm³/mol.